The molecule has 108 valence electrons. The van der Waals surface area contributed by atoms with Gasteiger partial charge >= 0.3 is 0 Å². The summed E-state index contributed by atoms with van der Waals surface area (Å²) < 4.78 is 0.816. The number of hydrogen-bond acceptors (Lipinski definition) is 2. The minimum absolute atomic E-state index is 0. The lowest BCUT2D eigenvalue weighted by Crippen LogP contribution is -2.55. The molecule has 0 bridgehead atoms. The maximum absolute atomic E-state index is 12.2. The van der Waals surface area contributed by atoms with Crippen molar-refractivity contribution in [2.45, 2.75) is 26.3 Å². The highest BCUT2D eigenvalue weighted by Gasteiger charge is 2.29. The standard InChI is InChI=1S/C13H18BrClN2O.ClH/c1-8(2)13(3,7-16)17-12(18)10-6-9(14)4-5-11(10)15;/h4-6,8H,7,16H2,1-3H3,(H,17,18);1H. The lowest BCUT2D eigenvalue weighted by Gasteiger charge is -2.33. The summed E-state index contributed by atoms with van der Waals surface area (Å²) in [6.45, 7) is 6.36. The number of halogens is 3. The molecular formula is C13H19BrCl2N2O. The summed E-state index contributed by atoms with van der Waals surface area (Å²) in [4.78, 5) is 12.2. The van der Waals surface area contributed by atoms with Crippen molar-refractivity contribution < 1.29 is 4.79 Å². The van der Waals surface area contributed by atoms with Crippen LogP contribution in [-0.4, -0.2) is 18.0 Å². The fourth-order valence-electron chi connectivity index (χ4n) is 1.43. The molecule has 0 spiro atoms. The number of carbonyl (C=O) groups excluding carboxylic acids is 1. The fourth-order valence-corrected chi connectivity index (χ4v) is 1.99. The Kier molecular flexibility index (Phi) is 7.37. The number of amides is 1. The first-order chi connectivity index (χ1) is 8.30. The van der Waals surface area contributed by atoms with Crippen molar-refractivity contribution in [1.29, 1.82) is 0 Å². The molecule has 0 aliphatic rings. The highest BCUT2D eigenvalue weighted by atomic mass is 79.9. The van der Waals surface area contributed by atoms with Crippen LogP contribution >= 0.6 is 39.9 Å². The van der Waals surface area contributed by atoms with Gasteiger partial charge in [0.1, 0.15) is 0 Å². The summed E-state index contributed by atoms with van der Waals surface area (Å²) in [5.41, 5.74) is 5.75. The van der Waals surface area contributed by atoms with E-state index in [-0.39, 0.29) is 24.2 Å². The second kappa shape index (κ2) is 7.48. The van der Waals surface area contributed by atoms with Gasteiger partial charge in [0, 0.05) is 11.0 Å². The summed E-state index contributed by atoms with van der Waals surface area (Å²) in [7, 11) is 0. The van der Waals surface area contributed by atoms with Gasteiger partial charge in [-0.25, -0.2) is 0 Å². The molecule has 0 saturated carbocycles. The van der Waals surface area contributed by atoms with Gasteiger partial charge in [0.05, 0.1) is 16.1 Å². The van der Waals surface area contributed by atoms with E-state index in [9.17, 15) is 4.79 Å². The predicted molar refractivity (Wildman–Crippen MR) is 86.2 cm³/mol. The van der Waals surface area contributed by atoms with Crippen molar-refractivity contribution in [2.75, 3.05) is 6.54 Å². The number of benzene rings is 1. The molecule has 0 aromatic heterocycles. The maximum Gasteiger partial charge on any atom is 0.253 e. The topological polar surface area (TPSA) is 55.1 Å². The van der Waals surface area contributed by atoms with Gasteiger partial charge in [-0.05, 0) is 31.0 Å². The minimum Gasteiger partial charge on any atom is -0.345 e. The molecule has 3 nitrogen and oxygen atoms in total. The largest absolute Gasteiger partial charge is 0.345 e. The van der Waals surface area contributed by atoms with E-state index >= 15 is 0 Å². The van der Waals surface area contributed by atoms with E-state index in [1.54, 1.807) is 18.2 Å². The molecule has 6 heteroatoms. The SMILES string of the molecule is CC(C)C(C)(CN)NC(=O)c1cc(Br)ccc1Cl.Cl. The first-order valence-electron chi connectivity index (χ1n) is 5.78. The Morgan fingerprint density at radius 2 is 2.11 bits per heavy atom. The molecule has 1 aromatic carbocycles. The summed E-state index contributed by atoms with van der Waals surface area (Å²) in [5.74, 6) is 0.0281. The van der Waals surface area contributed by atoms with Crippen LogP contribution < -0.4 is 11.1 Å². The summed E-state index contributed by atoms with van der Waals surface area (Å²) in [6, 6.07) is 5.19. The first kappa shape index (κ1) is 18.7. The number of nitrogens with one attached hydrogen (secondary N) is 1. The Morgan fingerprint density at radius 1 is 1.53 bits per heavy atom. The van der Waals surface area contributed by atoms with Gasteiger partial charge in [-0.1, -0.05) is 41.4 Å². The van der Waals surface area contributed by atoms with Crippen LogP contribution in [0.25, 0.3) is 0 Å². The van der Waals surface area contributed by atoms with E-state index < -0.39 is 5.54 Å². The molecule has 0 heterocycles. The number of rotatable bonds is 4. The average molecular weight is 370 g/mol. The number of nitrogens with two attached hydrogens (primary N) is 1. The smallest absolute Gasteiger partial charge is 0.253 e. The molecule has 0 fully saturated rings. The molecule has 1 rings (SSSR count). The van der Waals surface area contributed by atoms with Crippen molar-refractivity contribution in [2.24, 2.45) is 11.7 Å². The highest BCUT2D eigenvalue weighted by Crippen LogP contribution is 2.22. The van der Waals surface area contributed by atoms with Crippen LogP contribution in [0.1, 0.15) is 31.1 Å². The van der Waals surface area contributed by atoms with E-state index in [2.05, 4.69) is 21.2 Å². The number of hydrogen-bond donors (Lipinski definition) is 2. The first-order valence-corrected chi connectivity index (χ1v) is 6.95. The van der Waals surface area contributed by atoms with Crippen LogP contribution in [-0.2, 0) is 0 Å². The van der Waals surface area contributed by atoms with Crippen LogP contribution in [0.4, 0.5) is 0 Å². The normalized spacial score (nSPS) is 13.6. The summed E-state index contributed by atoms with van der Waals surface area (Å²) >= 11 is 9.36. The zero-order valence-corrected chi connectivity index (χ0v) is 14.3. The Hall–Kier alpha value is -0.290. The van der Waals surface area contributed by atoms with Crippen LogP contribution in [0.15, 0.2) is 22.7 Å². The van der Waals surface area contributed by atoms with Gasteiger partial charge in [-0.15, -0.1) is 12.4 Å². The second-order valence-electron chi connectivity index (χ2n) is 4.85. The van der Waals surface area contributed by atoms with Gasteiger partial charge in [0.15, 0.2) is 0 Å². The van der Waals surface area contributed by atoms with Crippen molar-refractivity contribution in [3.05, 3.63) is 33.3 Å². The Bertz CT molecular complexity index is 454. The maximum atomic E-state index is 12.2. The van der Waals surface area contributed by atoms with Gasteiger partial charge in [0.2, 0.25) is 0 Å². The molecule has 0 aliphatic heterocycles. The Balaban J connectivity index is 0.00000324. The monoisotopic (exact) mass is 368 g/mol. The molecule has 1 atom stereocenters. The summed E-state index contributed by atoms with van der Waals surface area (Å²) in [5, 5.41) is 3.39. The molecule has 1 aromatic rings. The third kappa shape index (κ3) is 4.63. The van der Waals surface area contributed by atoms with Gasteiger partial charge in [-0.3, -0.25) is 4.79 Å². The number of carbonyl (C=O) groups is 1. The van der Waals surface area contributed by atoms with E-state index in [1.807, 2.05) is 20.8 Å². The Morgan fingerprint density at radius 3 is 2.58 bits per heavy atom. The van der Waals surface area contributed by atoms with Crippen molar-refractivity contribution >= 4 is 45.8 Å². The molecule has 3 N–H and O–H groups in total. The highest BCUT2D eigenvalue weighted by molar-refractivity contribution is 9.10. The zero-order chi connectivity index (χ0) is 13.9. The van der Waals surface area contributed by atoms with Gasteiger partial charge in [-0.2, -0.15) is 0 Å². The minimum atomic E-state index is -0.442. The average Bonchev–Trinajstić information content (AvgIpc) is 2.31. The molecule has 19 heavy (non-hydrogen) atoms. The second-order valence-corrected chi connectivity index (χ2v) is 6.18. The third-order valence-electron chi connectivity index (χ3n) is 3.27. The molecule has 0 saturated heterocycles. The van der Waals surface area contributed by atoms with Gasteiger partial charge in [0.25, 0.3) is 5.91 Å². The van der Waals surface area contributed by atoms with Gasteiger partial charge < -0.3 is 11.1 Å². The quantitative estimate of drug-likeness (QED) is 0.851. The molecular weight excluding hydrogens is 351 g/mol. The van der Waals surface area contributed by atoms with Crippen LogP contribution in [0.2, 0.25) is 5.02 Å². The van der Waals surface area contributed by atoms with Crippen molar-refractivity contribution in [3.63, 3.8) is 0 Å². The molecule has 0 aliphatic carbocycles. The van der Waals surface area contributed by atoms with Crippen molar-refractivity contribution in [3.8, 4) is 0 Å². The Labute approximate surface area is 133 Å². The molecule has 1 amide bonds. The lowest BCUT2D eigenvalue weighted by atomic mass is 9.88. The molecule has 1 unspecified atom stereocenters. The van der Waals surface area contributed by atoms with Crippen LogP contribution in [0.3, 0.4) is 0 Å². The van der Waals surface area contributed by atoms with E-state index in [0.717, 1.165) is 4.47 Å². The van der Waals surface area contributed by atoms with E-state index in [4.69, 9.17) is 17.3 Å². The zero-order valence-electron chi connectivity index (χ0n) is 11.2. The predicted octanol–water partition coefficient (Wildman–Crippen LogP) is 3.63. The van der Waals surface area contributed by atoms with E-state index in [0.29, 0.717) is 17.1 Å². The van der Waals surface area contributed by atoms with E-state index in [1.165, 1.54) is 0 Å². The lowest BCUT2D eigenvalue weighted by molar-refractivity contribution is 0.0883. The van der Waals surface area contributed by atoms with Crippen LogP contribution in [0, 0.1) is 5.92 Å². The van der Waals surface area contributed by atoms with Crippen molar-refractivity contribution in [1.82, 2.24) is 5.32 Å². The molecule has 0 radical (unpaired) electrons. The van der Waals surface area contributed by atoms with Crippen LogP contribution in [0.5, 0.6) is 0 Å². The fraction of sp³-hybridized carbons (Fsp3) is 0.462. The summed E-state index contributed by atoms with van der Waals surface area (Å²) in [6.07, 6.45) is 0. The third-order valence-corrected chi connectivity index (χ3v) is 4.09.